The third-order valence-electron chi connectivity index (χ3n) is 4.77. The number of nitrogens with one attached hydrogen (secondary N) is 1. The Bertz CT molecular complexity index is 939. The maximum absolute atomic E-state index is 12.7. The molecule has 29 heavy (non-hydrogen) atoms. The van der Waals surface area contributed by atoms with Gasteiger partial charge in [0.1, 0.15) is 23.1 Å². The molecule has 2 aromatic heterocycles. The van der Waals surface area contributed by atoms with Crippen LogP contribution >= 0.6 is 0 Å². The first-order chi connectivity index (χ1) is 14.2. The first kappa shape index (κ1) is 18.7. The van der Waals surface area contributed by atoms with Crippen LogP contribution in [0.5, 0.6) is 5.75 Å². The molecule has 3 heterocycles. The number of methoxy groups -OCH3 is 1. The van der Waals surface area contributed by atoms with Gasteiger partial charge < -0.3 is 19.9 Å². The summed E-state index contributed by atoms with van der Waals surface area (Å²) in [5, 5.41) is 3.16. The van der Waals surface area contributed by atoms with Gasteiger partial charge in [-0.1, -0.05) is 6.07 Å². The summed E-state index contributed by atoms with van der Waals surface area (Å²) in [4.78, 5) is 29.7. The smallest absolute Gasteiger partial charge is 0.274 e. The van der Waals surface area contributed by atoms with Crippen molar-refractivity contribution in [3.63, 3.8) is 0 Å². The van der Waals surface area contributed by atoms with E-state index < -0.39 is 0 Å². The quantitative estimate of drug-likeness (QED) is 0.717. The fraction of sp³-hybridized carbons (Fsp3) is 0.238. The molecule has 8 nitrogen and oxygen atoms in total. The molecule has 0 spiro atoms. The van der Waals surface area contributed by atoms with Crippen LogP contribution in [0.3, 0.4) is 0 Å². The van der Waals surface area contributed by atoms with Crippen LogP contribution in [-0.2, 0) is 0 Å². The molecule has 1 amide bonds. The molecule has 1 aromatic carbocycles. The van der Waals surface area contributed by atoms with Crippen LogP contribution in [0.1, 0.15) is 10.5 Å². The summed E-state index contributed by atoms with van der Waals surface area (Å²) in [5.41, 5.74) is 1.21. The second-order valence-corrected chi connectivity index (χ2v) is 6.61. The SMILES string of the molecule is COc1ccc(Nc2cnc(C(=O)N3CCN(c4ccccn4)CC3)cn2)cc1. The Morgan fingerprint density at radius 3 is 2.38 bits per heavy atom. The Morgan fingerprint density at radius 1 is 0.966 bits per heavy atom. The van der Waals surface area contributed by atoms with E-state index in [2.05, 4.69) is 25.2 Å². The van der Waals surface area contributed by atoms with Crippen LogP contribution in [0.25, 0.3) is 0 Å². The number of benzene rings is 1. The monoisotopic (exact) mass is 390 g/mol. The topological polar surface area (TPSA) is 83.5 Å². The highest BCUT2D eigenvalue weighted by Gasteiger charge is 2.23. The number of amides is 1. The number of rotatable bonds is 5. The summed E-state index contributed by atoms with van der Waals surface area (Å²) >= 11 is 0. The largest absolute Gasteiger partial charge is 0.497 e. The van der Waals surface area contributed by atoms with Gasteiger partial charge in [0, 0.05) is 38.1 Å². The number of hydrogen-bond acceptors (Lipinski definition) is 7. The molecule has 0 saturated carbocycles. The van der Waals surface area contributed by atoms with Crippen LogP contribution in [0.4, 0.5) is 17.3 Å². The highest BCUT2D eigenvalue weighted by Crippen LogP contribution is 2.19. The first-order valence-electron chi connectivity index (χ1n) is 9.41. The Hall–Kier alpha value is -3.68. The molecule has 8 heteroatoms. The molecular formula is C21H22N6O2. The lowest BCUT2D eigenvalue weighted by Crippen LogP contribution is -2.49. The zero-order chi connectivity index (χ0) is 20.1. The average Bonchev–Trinajstić information content (AvgIpc) is 2.80. The fourth-order valence-corrected chi connectivity index (χ4v) is 3.17. The van der Waals surface area contributed by atoms with Crippen molar-refractivity contribution in [1.82, 2.24) is 19.9 Å². The van der Waals surface area contributed by atoms with Gasteiger partial charge in [0.05, 0.1) is 19.5 Å². The van der Waals surface area contributed by atoms with Crippen LogP contribution in [0.2, 0.25) is 0 Å². The molecule has 148 valence electrons. The van der Waals surface area contributed by atoms with E-state index in [1.165, 1.54) is 6.20 Å². The maximum Gasteiger partial charge on any atom is 0.274 e. The van der Waals surface area contributed by atoms with E-state index in [1.807, 2.05) is 42.5 Å². The number of carbonyl (C=O) groups excluding carboxylic acids is 1. The lowest BCUT2D eigenvalue weighted by atomic mass is 10.2. The second-order valence-electron chi connectivity index (χ2n) is 6.61. The number of anilines is 3. The normalized spacial score (nSPS) is 13.8. The molecule has 1 fully saturated rings. The molecule has 4 rings (SSSR count). The van der Waals surface area contributed by atoms with E-state index in [-0.39, 0.29) is 5.91 Å². The van der Waals surface area contributed by atoms with Crippen LogP contribution in [0.15, 0.2) is 61.1 Å². The maximum atomic E-state index is 12.7. The van der Waals surface area contributed by atoms with Crippen molar-refractivity contribution in [2.45, 2.75) is 0 Å². The number of piperazine rings is 1. The van der Waals surface area contributed by atoms with Gasteiger partial charge in [0.15, 0.2) is 0 Å². The summed E-state index contributed by atoms with van der Waals surface area (Å²) in [7, 11) is 1.63. The molecule has 0 atom stereocenters. The van der Waals surface area contributed by atoms with Crippen molar-refractivity contribution in [1.29, 1.82) is 0 Å². The first-order valence-corrected chi connectivity index (χ1v) is 9.41. The molecule has 0 aliphatic carbocycles. The summed E-state index contributed by atoms with van der Waals surface area (Å²) in [6.45, 7) is 2.74. The van der Waals surface area contributed by atoms with Gasteiger partial charge in [-0.25, -0.2) is 15.0 Å². The number of aromatic nitrogens is 3. The Kier molecular flexibility index (Phi) is 5.51. The van der Waals surface area contributed by atoms with Crippen LogP contribution < -0.4 is 15.0 Å². The number of pyridine rings is 1. The minimum absolute atomic E-state index is 0.103. The molecule has 0 bridgehead atoms. The lowest BCUT2D eigenvalue weighted by molar-refractivity contribution is 0.0740. The number of carbonyl (C=O) groups is 1. The minimum atomic E-state index is -0.103. The molecule has 1 aliphatic heterocycles. The van der Waals surface area contributed by atoms with Gasteiger partial charge in [-0.2, -0.15) is 0 Å². The molecule has 1 N–H and O–H groups in total. The lowest BCUT2D eigenvalue weighted by Gasteiger charge is -2.35. The Labute approximate surface area is 169 Å². The van der Waals surface area contributed by atoms with E-state index in [1.54, 1.807) is 24.4 Å². The van der Waals surface area contributed by atoms with Gasteiger partial charge in [-0.15, -0.1) is 0 Å². The van der Waals surface area contributed by atoms with E-state index in [0.29, 0.717) is 24.6 Å². The predicted molar refractivity (Wildman–Crippen MR) is 111 cm³/mol. The van der Waals surface area contributed by atoms with E-state index in [9.17, 15) is 4.79 Å². The average molecular weight is 390 g/mol. The number of hydrogen-bond donors (Lipinski definition) is 1. The zero-order valence-corrected chi connectivity index (χ0v) is 16.2. The highest BCUT2D eigenvalue weighted by atomic mass is 16.5. The van der Waals surface area contributed by atoms with Crippen molar-refractivity contribution in [3.8, 4) is 5.75 Å². The third-order valence-corrected chi connectivity index (χ3v) is 4.77. The van der Waals surface area contributed by atoms with Crippen molar-refractivity contribution in [2.75, 3.05) is 43.5 Å². The molecule has 1 aliphatic rings. The second kappa shape index (κ2) is 8.55. The van der Waals surface area contributed by atoms with E-state index in [4.69, 9.17) is 4.74 Å². The number of ether oxygens (including phenoxy) is 1. The van der Waals surface area contributed by atoms with Gasteiger partial charge >= 0.3 is 0 Å². The Morgan fingerprint density at radius 2 is 1.76 bits per heavy atom. The van der Waals surface area contributed by atoms with Gasteiger partial charge in [-0.3, -0.25) is 4.79 Å². The standard InChI is InChI=1S/C21H22N6O2/c1-29-17-7-5-16(6-8-17)25-19-15-23-18(14-24-19)21(28)27-12-10-26(11-13-27)20-4-2-3-9-22-20/h2-9,14-15H,10-13H2,1H3,(H,24,25). The van der Waals surface area contributed by atoms with Crippen molar-refractivity contribution < 1.29 is 9.53 Å². The molecule has 3 aromatic rings. The minimum Gasteiger partial charge on any atom is -0.497 e. The van der Waals surface area contributed by atoms with Crippen LogP contribution in [-0.4, -0.2) is 59.0 Å². The van der Waals surface area contributed by atoms with Gasteiger partial charge in [0.2, 0.25) is 0 Å². The molecule has 0 unspecified atom stereocenters. The van der Waals surface area contributed by atoms with Gasteiger partial charge in [0.25, 0.3) is 5.91 Å². The molecular weight excluding hydrogens is 368 g/mol. The summed E-state index contributed by atoms with van der Waals surface area (Å²) in [6, 6.07) is 13.3. The number of nitrogens with zero attached hydrogens (tertiary/aromatic N) is 5. The van der Waals surface area contributed by atoms with Crippen molar-refractivity contribution >= 4 is 23.2 Å². The third kappa shape index (κ3) is 4.43. The van der Waals surface area contributed by atoms with Crippen molar-refractivity contribution in [2.24, 2.45) is 0 Å². The summed E-state index contributed by atoms with van der Waals surface area (Å²) in [6.07, 6.45) is 4.87. The van der Waals surface area contributed by atoms with E-state index in [0.717, 1.165) is 30.3 Å². The fourth-order valence-electron chi connectivity index (χ4n) is 3.17. The summed E-state index contributed by atoms with van der Waals surface area (Å²) in [5.74, 6) is 2.19. The summed E-state index contributed by atoms with van der Waals surface area (Å²) < 4.78 is 5.15. The van der Waals surface area contributed by atoms with Gasteiger partial charge in [-0.05, 0) is 36.4 Å². The predicted octanol–water partition coefficient (Wildman–Crippen LogP) is 2.59. The Balaban J connectivity index is 1.34. The van der Waals surface area contributed by atoms with Crippen molar-refractivity contribution in [3.05, 3.63) is 66.7 Å². The molecule has 0 radical (unpaired) electrons. The zero-order valence-electron chi connectivity index (χ0n) is 16.2. The van der Waals surface area contributed by atoms with E-state index >= 15 is 0 Å². The molecule has 1 saturated heterocycles. The van der Waals surface area contributed by atoms with Crippen LogP contribution in [0, 0.1) is 0 Å². The highest BCUT2D eigenvalue weighted by molar-refractivity contribution is 5.92.